The van der Waals surface area contributed by atoms with E-state index in [0.29, 0.717) is 0 Å². The monoisotopic (exact) mass is 528 g/mol. The summed E-state index contributed by atoms with van der Waals surface area (Å²) in [5, 5.41) is 6.31. The third-order valence-electron chi connectivity index (χ3n) is 7.85. The second-order valence-corrected chi connectivity index (χ2v) is 10.1. The topological polar surface area (TPSA) is 69.6 Å². The van der Waals surface area contributed by atoms with Crippen molar-refractivity contribution in [2.24, 2.45) is 0 Å². The summed E-state index contributed by atoms with van der Waals surface area (Å²) in [7, 11) is 0. The molecule has 0 aliphatic rings. The molecule has 7 nitrogen and oxygen atoms in total. The van der Waals surface area contributed by atoms with Crippen LogP contribution in [0.15, 0.2) is 122 Å². The Balaban J connectivity index is 1.18. The Morgan fingerprint density at radius 1 is 0.512 bits per heavy atom. The molecule has 192 valence electrons. The molecular formula is C34H20N6O. The molecule has 0 aliphatic carbocycles. The van der Waals surface area contributed by atoms with Crippen LogP contribution in [0.3, 0.4) is 0 Å². The lowest BCUT2D eigenvalue weighted by atomic mass is 10.0. The molecule has 0 aliphatic heterocycles. The van der Waals surface area contributed by atoms with Gasteiger partial charge >= 0.3 is 0 Å². The second-order valence-electron chi connectivity index (χ2n) is 10.1. The van der Waals surface area contributed by atoms with Gasteiger partial charge in [0.15, 0.2) is 0 Å². The highest BCUT2D eigenvalue weighted by Gasteiger charge is 2.14. The Labute approximate surface area is 233 Å². The first-order valence-corrected chi connectivity index (χ1v) is 13.4. The van der Waals surface area contributed by atoms with Crippen molar-refractivity contribution in [3.05, 3.63) is 122 Å². The minimum Gasteiger partial charge on any atom is -0.457 e. The van der Waals surface area contributed by atoms with Gasteiger partial charge in [0.05, 0.1) is 5.52 Å². The lowest BCUT2D eigenvalue weighted by Gasteiger charge is -2.13. The smallest absolute Gasteiger partial charge is 0.149 e. The van der Waals surface area contributed by atoms with Crippen LogP contribution >= 0.6 is 0 Å². The largest absolute Gasteiger partial charge is 0.457 e. The van der Waals surface area contributed by atoms with E-state index in [9.17, 15) is 0 Å². The zero-order valence-electron chi connectivity index (χ0n) is 21.6. The molecule has 41 heavy (non-hydrogen) atoms. The first-order chi connectivity index (χ1) is 20.3. The lowest BCUT2D eigenvalue weighted by Crippen LogP contribution is -1.95. The Morgan fingerprint density at radius 3 is 1.95 bits per heavy atom. The van der Waals surface area contributed by atoms with Crippen molar-refractivity contribution in [1.29, 1.82) is 0 Å². The number of pyridine rings is 2. The molecule has 0 fully saturated rings. The second kappa shape index (κ2) is 8.34. The zero-order valence-corrected chi connectivity index (χ0v) is 21.6. The normalized spacial score (nSPS) is 11.9. The van der Waals surface area contributed by atoms with Crippen molar-refractivity contribution < 1.29 is 4.74 Å². The van der Waals surface area contributed by atoms with Crippen LogP contribution in [0, 0.1) is 0 Å². The number of fused-ring (bicyclic) bond motifs is 12. The van der Waals surface area contributed by atoms with E-state index in [1.165, 1.54) is 16.5 Å². The van der Waals surface area contributed by atoms with Crippen LogP contribution in [0.4, 0.5) is 0 Å². The molecule has 0 amide bonds. The van der Waals surface area contributed by atoms with E-state index >= 15 is 0 Å². The fourth-order valence-corrected chi connectivity index (χ4v) is 5.99. The van der Waals surface area contributed by atoms with Gasteiger partial charge in [-0.15, -0.1) is 0 Å². The lowest BCUT2D eigenvalue weighted by molar-refractivity contribution is 0.484. The van der Waals surface area contributed by atoms with Crippen molar-refractivity contribution >= 4 is 54.8 Å². The molecule has 4 aromatic carbocycles. The van der Waals surface area contributed by atoms with Gasteiger partial charge in [0.2, 0.25) is 0 Å². The highest BCUT2D eigenvalue weighted by molar-refractivity contribution is 6.13. The predicted molar refractivity (Wildman–Crippen MR) is 162 cm³/mol. The van der Waals surface area contributed by atoms with Crippen molar-refractivity contribution in [1.82, 2.24) is 28.7 Å². The van der Waals surface area contributed by atoms with Crippen LogP contribution in [-0.2, 0) is 0 Å². The number of aromatic nitrogens is 6. The van der Waals surface area contributed by atoms with E-state index in [1.807, 2.05) is 53.5 Å². The van der Waals surface area contributed by atoms with Crippen LogP contribution in [0.5, 0.6) is 11.5 Å². The van der Waals surface area contributed by atoms with Gasteiger partial charge in [-0.1, -0.05) is 42.5 Å². The highest BCUT2D eigenvalue weighted by Crippen LogP contribution is 2.36. The average Bonchev–Trinajstić information content (AvgIpc) is 3.73. The first kappa shape index (κ1) is 22.0. The maximum absolute atomic E-state index is 6.44. The number of rotatable bonds is 3. The molecule has 5 heterocycles. The number of hydrogen-bond acceptors (Lipinski definition) is 5. The maximum atomic E-state index is 6.44. The molecule has 0 saturated heterocycles. The Hall–Kier alpha value is -5.82. The standard InChI is InChI=1S/C34H20N6O/c1-2-4-21(5-3-1)22-6-9-27-25-10-7-23(17-28(25)32-36-12-14-39(32)31(27)16-22)41-24-8-11-26-29(18-24)33-37-13-15-40(33)34-30(26)19-35-20-38-34/h1-20H. The van der Waals surface area contributed by atoms with Gasteiger partial charge in [-0.2, -0.15) is 0 Å². The van der Waals surface area contributed by atoms with Gasteiger partial charge < -0.3 is 4.74 Å². The molecule has 7 heteroatoms. The highest BCUT2D eigenvalue weighted by atomic mass is 16.5. The average molecular weight is 529 g/mol. The summed E-state index contributed by atoms with van der Waals surface area (Å²) in [6.45, 7) is 0. The summed E-state index contributed by atoms with van der Waals surface area (Å²) in [5.41, 5.74) is 6.04. The van der Waals surface area contributed by atoms with Gasteiger partial charge in [-0.05, 0) is 64.4 Å². The number of benzene rings is 4. The van der Waals surface area contributed by atoms with Gasteiger partial charge in [0.1, 0.15) is 34.8 Å². The maximum Gasteiger partial charge on any atom is 0.149 e. The summed E-state index contributed by atoms with van der Waals surface area (Å²) >= 11 is 0. The summed E-state index contributed by atoms with van der Waals surface area (Å²) in [6, 6.07) is 29.4. The molecule has 9 rings (SSSR count). The molecule has 0 saturated carbocycles. The van der Waals surface area contributed by atoms with Gasteiger partial charge in [-0.25, -0.2) is 19.9 Å². The third kappa shape index (κ3) is 3.26. The van der Waals surface area contributed by atoms with Crippen LogP contribution in [0.1, 0.15) is 0 Å². The van der Waals surface area contributed by atoms with E-state index in [2.05, 4.69) is 80.0 Å². The minimum atomic E-state index is 0.727. The van der Waals surface area contributed by atoms with Crippen LogP contribution in [0.2, 0.25) is 0 Å². The van der Waals surface area contributed by atoms with Crippen LogP contribution in [-0.4, -0.2) is 28.7 Å². The summed E-state index contributed by atoms with van der Waals surface area (Å²) in [5.74, 6) is 1.47. The van der Waals surface area contributed by atoms with E-state index in [-0.39, 0.29) is 0 Å². The quantitative estimate of drug-likeness (QED) is 0.219. The Morgan fingerprint density at radius 2 is 1.17 bits per heavy atom. The fourth-order valence-electron chi connectivity index (χ4n) is 5.99. The molecule has 0 atom stereocenters. The molecule has 0 unspecified atom stereocenters. The fraction of sp³-hybridized carbons (Fsp3) is 0. The molecule has 0 bridgehead atoms. The van der Waals surface area contributed by atoms with Crippen molar-refractivity contribution in [2.75, 3.05) is 0 Å². The molecule has 9 aromatic rings. The summed E-state index contributed by atoms with van der Waals surface area (Å²) < 4.78 is 10.6. The molecule has 0 radical (unpaired) electrons. The zero-order chi connectivity index (χ0) is 26.9. The first-order valence-electron chi connectivity index (χ1n) is 13.4. The predicted octanol–water partition coefficient (Wildman–Crippen LogP) is 7.84. The van der Waals surface area contributed by atoms with Crippen LogP contribution in [0.25, 0.3) is 65.9 Å². The van der Waals surface area contributed by atoms with Crippen molar-refractivity contribution in [3.8, 4) is 22.6 Å². The minimum absolute atomic E-state index is 0.727. The molecule has 0 N–H and O–H groups in total. The molecule has 0 spiro atoms. The van der Waals surface area contributed by atoms with E-state index in [1.54, 1.807) is 12.5 Å². The number of imidazole rings is 2. The SMILES string of the molecule is c1ccc(-c2ccc3c4ccc(Oc5ccc6c7cncnc7n7ccnc7c6c5)cc4c4nccn4c3c2)cc1. The van der Waals surface area contributed by atoms with Crippen molar-refractivity contribution in [3.63, 3.8) is 0 Å². The van der Waals surface area contributed by atoms with E-state index in [0.717, 1.165) is 60.9 Å². The third-order valence-corrected chi connectivity index (χ3v) is 7.85. The molecular weight excluding hydrogens is 508 g/mol. The van der Waals surface area contributed by atoms with E-state index in [4.69, 9.17) is 9.72 Å². The van der Waals surface area contributed by atoms with Gasteiger partial charge in [-0.3, -0.25) is 8.80 Å². The number of nitrogens with zero attached hydrogens (tertiary/aromatic N) is 6. The Bertz CT molecular complexity index is 2460. The van der Waals surface area contributed by atoms with Crippen molar-refractivity contribution in [2.45, 2.75) is 0 Å². The van der Waals surface area contributed by atoms with Crippen LogP contribution < -0.4 is 4.74 Å². The number of ether oxygens (including phenoxy) is 1. The molecule has 5 aromatic heterocycles. The summed E-state index contributed by atoms with van der Waals surface area (Å²) in [4.78, 5) is 18.1. The van der Waals surface area contributed by atoms with Gasteiger partial charge in [0.25, 0.3) is 0 Å². The number of hydrogen-bond donors (Lipinski definition) is 0. The summed E-state index contributed by atoms with van der Waals surface area (Å²) in [6.07, 6.45) is 11.0. The van der Waals surface area contributed by atoms with Gasteiger partial charge in [0, 0.05) is 52.5 Å². The Kier molecular flexibility index (Phi) is 4.48. The van der Waals surface area contributed by atoms with E-state index < -0.39 is 0 Å².